The topological polar surface area (TPSA) is 29.1 Å². The molecule has 0 saturated heterocycles. The van der Waals surface area contributed by atoms with Gasteiger partial charge in [-0.3, -0.25) is 4.79 Å². The lowest BCUT2D eigenvalue weighted by Gasteiger charge is -2.12. The first-order valence-corrected chi connectivity index (χ1v) is 4.98. The van der Waals surface area contributed by atoms with Gasteiger partial charge in [-0.1, -0.05) is 36.7 Å². The van der Waals surface area contributed by atoms with Gasteiger partial charge < -0.3 is 5.32 Å². The fourth-order valence-corrected chi connectivity index (χ4v) is 1.69. The first-order valence-electron chi connectivity index (χ1n) is 4.60. The van der Waals surface area contributed by atoms with Crippen molar-refractivity contribution < 1.29 is 4.79 Å². The third-order valence-corrected chi connectivity index (χ3v) is 2.55. The van der Waals surface area contributed by atoms with Crippen LogP contribution in [-0.4, -0.2) is 13.0 Å². The molecule has 1 atom stereocenters. The highest BCUT2D eigenvalue weighted by Crippen LogP contribution is 2.26. The van der Waals surface area contributed by atoms with Crippen LogP contribution in [0.15, 0.2) is 24.3 Å². The van der Waals surface area contributed by atoms with Crippen molar-refractivity contribution in [3.8, 4) is 0 Å². The molecule has 0 bridgehead atoms. The Labute approximate surface area is 89.3 Å². The van der Waals surface area contributed by atoms with Crippen LogP contribution >= 0.6 is 11.6 Å². The summed E-state index contributed by atoms with van der Waals surface area (Å²) >= 11 is 6.01. The zero-order chi connectivity index (χ0) is 10.6. The van der Waals surface area contributed by atoms with Crippen molar-refractivity contribution in [1.29, 1.82) is 0 Å². The highest BCUT2D eigenvalue weighted by molar-refractivity contribution is 6.31. The molecule has 1 amide bonds. The Kier molecular flexibility index (Phi) is 3.96. The van der Waals surface area contributed by atoms with Gasteiger partial charge in [0, 0.05) is 18.5 Å². The first-order chi connectivity index (χ1) is 6.65. The van der Waals surface area contributed by atoms with Crippen molar-refractivity contribution in [3.05, 3.63) is 34.9 Å². The van der Waals surface area contributed by atoms with Gasteiger partial charge in [0.1, 0.15) is 0 Å². The van der Waals surface area contributed by atoms with E-state index in [4.69, 9.17) is 11.6 Å². The number of halogens is 1. The number of hydrogen-bond donors (Lipinski definition) is 1. The average Bonchev–Trinajstić information content (AvgIpc) is 2.18. The quantitative estimate of drug-likeness (QED) is 0.818. The number of carbonyl (C=O) groups excluding carboxylic acids is 1. The van der Waals surface area contributed by atoms with Gasteiger partial charge in [0.25, 0.3) is 0 Å². The largest absolute Gasteiger partial charge is 0.359 e. The van der Waals surface area contributed by atoms with E-state index in [2.05, 4.69) is 5.32 Å². The van der Waals surface area contributed by atoms with Crippen molar-refractivity contribution in [2.24, 2.45) is 0 Å². The number of amides is 1. The van der Waals surface area contributed by atoms with Gasteiger partial charge in [0.05, 0.1) is 0 Å². The van der Waals surface area contributed by atoms with Gasteiger partial charge in [-0.15, -0.1) is 0 Å². The normalized spacial score (nSPS) is 12.2. The summed E-state index contributed by atoms with van der Waals surface area (Å²) in [5.74, 6) is 0.195. The van der Waals surface area contributed by atoms with E-state index in [9.17, 15) is 4.79 Å². The van der Waals surface area contributed by atoms with Crippen LogP contribution in [0.2, 0.25) is 5.02 Å². The second-order valence-corrected chi connectivity index (χ2v) is 3.71. The minimum absolute atomic E-state index is 0.0393. The van der Waals surface area contributed by atoms with Crippen molar-refractivity contribution in [1.82, 2.24) is 5.32 Å². The standard InChI is InChI=1S/C11H14ClNO/c1-8(7-11(14)13-2)9-5-3-4-6-10(9)12/h3-6,8H,7H2,1-2H3,(H,13,14). The molecule has 1 aromatic carbocycles. The molecule has 2 nitrogen and oxygen atoms in total. The van der Waals surface area contributed by atoms with Gasteiger partial charge in [-0.05, 0) is 17.5 Å². The molecule has 0 saturated carbocycles. The van der Waals surface area contributed by atoms with Crippen LogP contribution in [0.3, 0.4) is 0 Å². The van der Waals surface area contributed by atoms with E-state index in [1.54, 1.807) is 7.05 Å². The molecule has 0 aliphatic heterocycles. The molecule has 3 heteroatoms. The zero-order valence-corrected chi connectivity index (χ0v) is 9.14. The molecule has 0 aliphatic carbocycles. The molecule has 1 aromatic rings. The molecule has 1 rings (SSSR count). The number of benzene rings is 1. The molecule has 0 spiro atoms. The second kappa shape index (κ2) is 5.01. The van der Waals surface area contributed by atoms with Crippen molar-refractivity contribution in [2.75, 3.05) is 7.05 Å². The SMILES string of the molecule is CNC(=O)CC(C)c1ccccc1Cl. The summed E-state index contributed by atoms with van der Waals surface area (Å²) in [6.07, 6.45) is 0.472. The fraction of sp³-hybridized carbons (Fsp3) is 0.364. The summed E-state index contributed by atoms with van der Waals surface area (Å²) in [4.78, 5) is 11.2. The van der Waals surface area contributed by atoms with E-state index in [1.807, 2.05) is 31.2 Å². The van der Waals surface area contributed by atoms with E-state index < -0.39 is 0 Å². The summed E-state index contributed by atoms with van der Waals surface area (Å²) in [7, 11) is 1.64. The van der Waals surface area contributed by atoms with Crippen molar-refractivity contribution in [2.45, 2.75) is 19.3 Å². The van der Waals surface area contributed by atoms with E-state index in [0.717, 1.165) is 10.6 Å². The lowest BCUT2D eigenvalue weighted by Crippen LogP contribution is -2.19. The van der Waals surface area contributed by atoms with Crippen LogP contribution in [0.25, 0.3) is 0 Å². The third kappa shape index (κ3) is 2.74. The molecule has 0 aromatic heterocycles. The molecular weight excluding hydrogens is 198 g/mol. The van der Waals surface area contributed by atoms with Crippen LogP contribution < -0.4 is 5.32 Å². The van der Waals surface area contributed by atoms with Gasteiger partial charge in [-0.25, -0.2) is 0 Å². The molecule has 1 N–H and O–H groups in total. The van der Waals surface area contributed by atoms with Crippen LogP contribution in [0.4, 0.5) is 0 Å². The van der Waals surface area contributed by atoms with E-state index >= 15 is 0 Å². The number of rotatable bonds is 3. The van der Waals surface area contributed by atoms with E-state index in [0.29, 0.717) is 6.42 Å². The molecule has 0 fully saturated rings. The summed E-state index contributed by atoms with van der Waals surface area (Å²) in [5, 5.41) is 3.33. The van der Waals surface area contributed by atoms with E-state index in [1.165, 1.54) is 0 Å². The first kappa shape index (κ1) is 11.1. The minimum atomic E-state index is 0.0393. The molecule has 1 unspecified atom stereocenters. The lowest BCUT2D eigenvalue weighted by molar-refractivity contribution is -0.120. The molecule has 76 valence electrons. The molecule has 14 heavy (non-hydrogen) atoms. The smallest absolute Gasteiger partial charge is 0.220 e. The second-order valence-electron chi connectivity index (χ2n) is 3.30. The predicted molar refractivity (Wildman–Crippen MR) is 58.6 cm³/mol. The minimum Gasteiger partial charge on any atom is -0.359 e. The van der Waals surface area contributed by atoms with Crippen molar-refractivity contribution in [3.63, 3.8) is 0 Å². The third-order valence-electron chi connectivity index (χ3n) is 2.21. The Morgan fingerprint density at radius 2 is 2.14 bits per heavy atom. The molecule has 0 radical (unpaired) electrons. The number of nitrogens with one attached hydrogen (secondary N) is 1. The van der Waals surface area contributed by atoms with Crippen LogP contribution in [0.1, 0.15) is 24.8 Å². The Bertz CT molecular complexity index is 325. The highest BCUT2D eigenvalue weighted by Gasteiger charge is 2.12. The summed E-state index contributed by atoms with van der Waals surface area (Å²) in [6, 6.07) is 7.62. The summed E-state index contributed by atoms with van der Waals surface area (Å²) < 4.78 is 0. The van der Waals surface area contributed by atoms with E-state index in [-0.39, 0.29) is 11.8 Å². The van der Waals surface area contributed by atoms with Crippen LogP contribution in [0, 0.1) is 0 Å². The summed E-state index contributed by atoms with van der Waals surface area (Å²) in [6.45, 7) is 2.00. The van der Waals surface area contributed by atoms with Gasteiger partial charge in [0.2, 0.25) is 5.91 Å². The Balaban J connectivity index is 2.74. The van der Waals surface area contributed by atoms with Crippen LogP contribution in [-0.2, 0) is 4.79 Å². The number of hydrogen-bond acceptors (Lipinski definition) is 1. The maximum Gasteiger partial charge on any atom is 0.220 e. The Hall–Kier alpha value is -1.02. The predicted octanol–water partition coefficient (Wildman–Crippen LogP) is 2.58. The van der Waals surface area contributed by atoms with Gasteiger partial charge in [0.15, 0.2) is 0 Å². The Morgan fingerprint density at radius 3 is 2.71 bits per heavy atom. The monoisotopic (exact) mass is 211 g/mol. The Morgan fingerprint density at radius 1 is 1.50 bits per heavy atom. The fourth-order valence-electron chi connectivity index (χ4n) is 1.36. The molecule has 0 heterocycles. The number of carbonyl (C=O) groups is 1. The van der Waals surface area contributed by atoms with Gasteiger partial charge >= 0.3 is 0 Å². The van der Waals surface area contributed by atoms with Gasteiger partial charge in [-0.2, -0.15) is 0 Å². The molecule has 0 aliphatic rings. The highest BCUT2D eigenvalue weighted by atomic mass is 35.5. The van der Waals surface area contributed by atoms with Crippen LogP contribution in [0.5, 0.6) is 0 Å². The molecular formula is C11H14ClNO. The van der Waals surface area contributed by atoms with Crippen molar-refractivity contribution >= 4 is 17.5 Å². The lowest BCUT2D eigenvalue weighted by atomic mass is 9.97. The average molecular weight is 212 g/mol. The summed E-state index contributed by atoms with van der Waals surface area (Å²) in [5.41, 5.74) is 1.03. The zero-order valence-electron chi connectivity index (χ0n) is 8.38. The maximum atomic E-state index is 11.2. The maximum absolute atomic E-state index is 11.2.